The number of furan rings is 1. The molecule has 0 radical (unpaired) electrons. The molecule has 0 saturated heterocycles. The number of hydrogen-bond donors (Lipinski definition) is 1. The van der Waals surface area contributed by atoms with Gasteiger partial charge in [-0.2, -0.15) is 5.10 Å². The Bertz CT molecular complexity index is 982. The highest BCUT2D eigenvalue weighted by Crippen LogP contribution is 2.28. The number of nitrogens with zero attached hydrogens (tertiary/aromatic N) is 2. The maximum absolute atomic E-state index is 9.48. The van der Waals surface area contributed by atoms with Crippen LogP contribution in [0.5, 0.6) is 0 Å². The number of aliphatic hydroxyl groups excluding tert-OH is 1. The molecule has 0 fully saturated rings. The molecule has 4 rings (SSSR count). The quantitative estimate of drug-likeness (QED) is 0.609. The Kier molecular flexibility index (Phi) is 3.67. The first kappa shape index (κ1) is 14.7. The Morgan fingerprint density at radius 3 is 2.75 bits per heavy atom. The molecule has 2 aromatic carbocycles. The van der Waals surface area contributed by atoms with Gasteiger partial charge in [-0.1, -0.05) is 24.3 Å². The second-order valence-corrected chi connectivity index (χ2v) is 6.03. The molecule has 4 aromatic rings. The van der Waals surface area contributed by atoms with Gasteiger partial charge in [0.25, 0.3) is 0 Å². The predicted octanol–water partition coefficient (Wildman–Crippen LogP) is 4.34. The molecule has 1 unspecified atom stereocenters. The maximum Gasteiger partial charge on any atom is 0.133 e. The van der Waals surface area contributed by atoms with Gasteiger partial charge in [-0.15, -0.1) is 0 Å². The lowest BCUT2D eigenvalue weighted by Crippen LogP contribution is -2.11. The lowest BCUT2D eigenvalue weighted by Gasteiger charge is -2.05. The van der Waals surface area contributed by atoms with Crippen molar-refractivity contribution in [2.45, 2.75) is 19.6 Å². The van der Waals surface area contributed by atoms with E-state index in [0.717, 1.165) is 33.4 Å². The summed E-state index contributed by atoms with van der Waals surface area (Å²) in [5, 5.41) is 15.1. The Labute approximate surface area is 140 Å². The molecule has 0 saturated carbocycles. The minimum atomic E-state index is -0.411. The van der Waals surface area contributed by atoms with Crippen molar-refractivity contribution in [3.8, 4) is 22.4 Å². The Morgan fingerprint density at radius 1 is 1.04 bits per heavy atom. The zero-order valence-electron chi connectivity index (χ0n) is 13.4. The van der Waals surface area contributed by atoms with Gasteiger partial charge in [-0.25, -0.2) is 0 Å². The lowest BCUT2D eigenvalue weighted by atomic mass is 10.0. The van der Waals surface area contributed by atoms with Crippen LogP contribution < -0.4 is 0 Å². The fraction of sp³-hybridized carbons (Fsp3) is 0.150. The van der Waals surface area contributed by atoms with Crippen LogP contribution in [0.4, 0.5) is 0 Å². The SMILES string of the molecule is CC(O)Cn1ccc(-c2cccc(-c3ccc4occc4c3)c2)n1. The van der Waals surface area contributed by atoms with Gasteiger partial charge in [0.15, 0.2) is 0 Å². The van der Waals surface area contributed by atoms with E-state index in [1.165, 1.54) is 0 Å². The summed E-state index contributed by atoms with van der Waals surface area (Å²) in [6.45, 7) is 2.25. The summed E-state index contributed by atoms with van der Waals surface area (Å²) in [6, 6.07) is 18.5. The maximum atomic E-state index is 9.48. The monoisotopic (exact) mass is 318 g/mol. The molecule has 120 valence electrons. The first-order valence-electron chi connectivity index (χ1n) is 7.99. The minimum absolute atomic E-state index is 0.411. The molecule has 2 heterocycles. The number of aromatic nitrogens is 2. The van der Waals surface area contributed by atoms with Gasteiger partial charge in [0.05, 0.1) is 24.6 Å². The number of hydrogen-bond acceptors (Lipinski definition) is 3. The molecule has 24 heavy (non-hydrogen) atoms. The fourth-order valence-corrected chi connectivity index (χ4v) is 2.89. The Hall–Kier alpha value is -2.85. The van der Waals surface area contributed by atoms with Crippen LogP contribution in [0.2, 0.25) is 0 Å². The largest absolute Gasteiger partial charge is 0.464 e. The first-order valence-corrected chi connectivity index (χ1v) is 7.99. The van der Waals surface area contributed by atoms with Crippen LogP contribution >= 0.6 is 0 Å². The molecule has 1 atom stereocenters. The summed E-state index contributed by atoms with van der Waals surface area (Å²) in [5.41, 5.74) is 5.15. The molecule has 0 aliphatic rings. The van der Waals surface area contributed by atoms with Gasteiger partial charge in [-0.05, 0) is 48.4 Å². The topological polar surface area (TPSA) is 51.2 Å². The van der Waals surface area contributed by atoms with Crippen molar-refractivity contribution in [2.75, 3.05) is 0 Å². The summed E-state index contributed by atoms with van der Waals surface area (Å²) in [4.78, 5) is 0. The third-order valence-electron chi connectivity index (χ3n) is 4.04. The van der Waals surface area contributed by atoms with Gasteiger partial charge < -0.3 is 9.52 Å². The highest BCUT2D eigenvalue weighted by molar-refractivity contribution is 5.84. The Balaban J connectivity index is 1.69. The smallest absolute Gasteiger partial charge is 0.133 e. The van der Waals surface area contributed by atoms with Crippen molar-refractivity contribution >= 4 is 11.0 Å². The van der Waals surface area contributed by atoms with Gasteiger partial charge >= 0.3 is 0 Å². The number of fused-ring (bicyclic) bond motifs is 1. The normalized spacial score (nSPS) is 12.6. The van der Waals surface area contributed by atoms with E-state index in [2.05, 4.69) is 35.4 Å². The second-order valence-electron chi connectivity index (χ2n) is 6.03. The molecular weight excluding hydrogens is 300 g/mol. The van der Waals surface area contributed by atoms with E-state index in [1.54, 1.807) is 17.9 Å². The summed E-state index contributed by atoms with van der Waals surface area (Å²) in [7, 11) is 0. The van der Waals surface area contributed by atoms with E-state index < -0.39 is 6.10 Å². The van der Waals surface area contributed by atoms with Crippen molar-refractivity contribution in [3.05, 3.63) is 67.1 Å². The number of benzene rings is 2. The summed E-state index contributed by atoms with van der Waals surface area (Å²) in [5.74, 6) is 0. The fourth-order valence-electron chi connectivity index (χ4n) is 2.89. The third kappa shape index (κ3) is 2.84. The summed E-state index contributed by atoms with van der Waals surface area (Å²) >= 11 is 0. The van der Waals surface area contributed by atoms with Crippen LogP contribution in [-0.4, -0.2) is 21.0 Å². The summed E-state index contributed by atoms with van der Waals surface area (Å²) < 4.78 is 7.17. The van der Waals surface area contributed by atoms with Crippen LogP contribution in [-0.2, 0) is 6.54 Å². The highest BCUT2D eigenvalue weighted by Gasteiger charge is 2.07. The van der Waals surface area contributed by atoms with Gasteiger partial charge in [0, 0.05) is 17.1 Å². The van der Waals surface area contributed by atoms with Gasteiger partial charge in [-0.3, -0.25) is 4.68 Å². The number of aliphatic hydroxyl groups is 1. The van der Waals surface area contributed by atoms with Gasteiger partial charge in [0.1, 0.15) is 5.58 Å². The van der Waals surface area contributed by atoms with Crippen molar-refractivity contribution in [1.29, 1.82) is 0 Å². The van der Waals surface area contributed by atoms with E-state index in [-0.39, 0.29) is 0 Å². The standard InChI is InChI=1S/C20H18N2O2/c1-14(23)13-22-9-7-19(21-22)17-4-2-3-15(11-17)16-5-6-20-18(12-16)8-10-24-20/h2-12,14,23H,13H2,1H3. The average molecular weight is 318 g/mol. The molecule has 0 spiro atoms. The van der Waals surface area contributed by atoms with E-state index in [0.29, 0.717) is 6.54 Å². The molecule has 0 aliphatic heterocycles. The second kappa shape index (κ2) is 5.98. The van der Waals surface area contributed by atoms with E-state index in [1.807, 2.05) is 30.5 Å². The molecular formula is C20H18N2O2. The predicted molar refractivity (Wildman–Crippen MR) is 94.6 cm³/mol. The van der Waals surface area contributed by atoms with Crippen molar-refractivity contribution in [2.24, 2.45) is 0 Å². The molecule has 4 nitrogen and oxygen atoms in total. The highest BCUT2D eigenvalue weighted by atomic mass is 16.3. The lowest BCUT2D eigenvalue weighted by molar-refractivity contribution is 0.168. The Morgan fingerprint density at radius 2 is 1.88 bits per heavy atom. The van der Waals surface area contributed by atoms with Gasteiger partial charge in [0.2, 0.25) is 0 Å². The zero-order chi connectivity index (χ0) is 16.5. The molecule has 0 bridgehead atoms. The third-order valence-corrected chi connectivity index (χ3v) is 4.04. The van der Waals surface area contributed by atoms with E-state index >= 15 is 0 Å². The molecule has 4 heteroatoms. The van der Waals surface area contributed by atoms with Crippen molar-refractivity contribution in [1.82, 2.24) is 9.78 Å². The van der Waals surface area contributed by atoms with Crippen LogP contribution in [0.3, 0.4) is 0 Å². The molecule has 1 N–H and O–H groups in total. The summed E-state index contributed by atoms with van der Waals surface area (Å²) in [6.07, 6.45) is 3.19. The van der Waals surface area contributed by atoms with Crippen LogP contribution in [0, 0.1) is 0 Å². The molecule has 2 aromatic heterocycles. The van der Waals surface area contributed by atoms with Crippen molar-refractivity contribution < 1.29 is 9.52 Å². The zero-order valence-corrected chi connectivity index (χ0v) is 13.4. The van der Waals surface area contributed by atoms with E-state index in [9.17, 15) is 5.11 Å². The average Bonchev–Trinajstić information content (AvgIpc) is 3.22. The first-order chi connectivity index (χ1) is 11.7. The molecule has 0 amide bonds. The van der Waals surface area contributed by atoms with Crippen LogP contribution in [0.15, 0.2) is 71.5 Å². The van der Waals surface area contributed by atoms with Crippen LogP contribution in [0.1, 0.15) is 6.92 Å². The minimum Gasteiger partial charge on any atom is -0.464 e. The van der Waals surface area contributed by atoms with E-state index in [4.69, 9.17) is 4.42 Å². The molecule has 0 aliphatic carbocycles. The van der Waals surface area contributed by atoms with Crippen molar-refractivity contribution in [3.63, 3.8) is 0 Å². The number of rotatable bonds is 4. The van der Waals surface area contributed by atoms with Crippen LogP contribution in [0.25, 0.3) is 33.4 Å².